The van der Waals surface area contributed by atoms with Crippen LogP contribution >= 0.6 is 0 Å². The number of rotatable bonds is 6. The fraction of sp³-hybridized carbons (Fsp3) is 0.353. The number of hydrogen-bond donors (Lipinski definition) is 1. The summed E-state index contributed by atoms with van der Waals surface area (Å²) < 4.78 is 16.6. The minimum Gasteiger partial charge on any atom is -0.481 e. The number of esters is 1. The fourth-order valence-corrected chi connectivity index (χ4v) is 2.73. The lowest BCUT2D eigenvalue weighted by Crippen LogP contribution is -2.55. The lowest BCUT2D eigenvalue weighted by molar-refractivity contribution is -0.177. The SMILES string of the molecule is COc1cc(-n2ccc(N3CCO[C@H]([C@@H](OC(C)=O)C(=O)O)C3=O)n2)ccn1. The Morgan fingerprint density at radius 1 is 1.39 bits per heavy atom. The lowest BCUT2D eigenvalue weighted by atomic mass is 10.1. The number of carboxylic acid groups (broad SMARTS) is 1. The van der Waals surface area contributed by atoms with Crippen LogP contribution in [-0.4, -0.2) is 70.2 Å². The molecule has 0 spiro atoms. The maximum atomic E-state index is 12.8. The van der Waals surface area contributed by atoms with Crippen LogP contribution in [0.4, 0.5) is 5.82 Å². The molecule has 2 aromatic heterocycles. The standard InChI is InChI=1S/C17H18N4O7/c1-10(22)28-15(17(24)25)14-16(23)20(7-8-27-14)12-4-6-21(19-12)11-3-5-18-13(9-11)26-2/h3-6,9,14-15H,7-8H2,1-2H3,(H,24,25)/t14-,15-/m1/s1. The van der Waals surface area contributed by atoms with E-state index < -0.39 is 30.1 Å². The second-order valence-electron chi connectivity index (χ2n) is 5.82. The third-order valence-electron chi connectivity index (χ3n) is 3.98. The van der Waals surface area contributed by atoms with E-state index in [4.69, 9.17) is 14.2 Å². The number of morpholine rings is 1. The number of aliphatic carboxylic acids is 1. The molecule has 1 fully saturated rings. The lowest BCUT2D eigenvalue weighted by Gasteiger charge is -2.33. The largest absolute Gasteiger partial charge is 0.481 e. The van der Waals surface area contributed by atoms with E-state index in [1.165, 1.54) is 16.7 Å². The van der Waals surface area contributed by atoms with Gasteiger partial charge in [-0.25, -0.2) is 14.5 Å². The van der Waals surface area contributed by atoms with E-state index in [1.54, 1.807) is 30.6 Å². The van der Waals surface area contributed by atoms with Gasteiger partial charge in [0.05, 0.1) is 25.9 Å². The van der Waals surface area contributed by atoms with Gasteiger partial charge in [-0.05, 0) is 6.07 Å². The Morgan fingerprint density at radius 2 is 2.18 bits per heavy atom. The molecule has 148 valence electrons. The van der Waals surface area contributed by atoms with Crippen molar-refractivity contribution in [3.63, 3.8) is 0 Å². The zero-order valence-corrected chi connectivity index (χ0v) is 15.1. The van der Waals surface area contributed by atoms with Gasteiger partial charge in [0, 0.05) is 31.5 Å². The highest BCUT2D eigenvalue weighted by Gasteiger charge is 2.43. The molecule has 3 rings (SSSR count). The van der Waals surface area contributed by atoms with Crippen molar-refractivity contribution < 1.29 is 33.7 Å². The average Bonchev–Trinajstić information content (AvgIpc) is 3.16. The number of pyridine rings is 1. The van der Waals surface area contributed by atoms with Gasteiger partial charge >= 0.3 is 11.9 Å². The Kier molecular flexibility index (Phi) is 5.54. The topological polar surface area (TPSA) is 133 Å². The van der Waals surface area contributed by atoms with Gasteiger partial charge in [-0.3, -0.25) is 14.5 Å². The molecule has 11 nitrogen and oxygen atoms in total. The maximum absolute atomic E-state index is 12.8. The van der Waals surface area contributed by atoms with Crippen LogP contribution in [0.25, 0.3) is 5.69 Å². The Balaban J connectivity index is 1.83. The first-order chi connectivity index (χ1) is 13.4. The summed E-state index contributed by atoms with van der Waals surface area (Å²) in [6, 6.07) is 4.99. The molecular weight excluding hydrogens is 372 g/mol. The Hall–Kier alpha value is -3.47. The number of ether oxygens (including phenoxy) is 3. The van der Waals surface area contributed by atoms with Crippen molar-refractivity contribution in [1.29, 1.82) is 0 Å². The third kappa shape index (κ3) is 3.93. The summed E-state index contributed by atoms with van der Waals surface area (Å²) in [5, 5.41) is 13.6. The molecule has 2 aromatic rings. The van der Waals surface area contributed by atoms with Gasteiger partial charge in [-0.2, -0.15) is 0 Å². The zero-order chi connectivity index (χ0) is 20.3. The Bertz CT molecular complexity index is 897. The predicted octanol–water partition coefficient (Wildman–Crippen LogP) is 0.0240. The van der Waals surface area contributed by atoms with Crippen LogP contribution in [0.3, 0.4) is 0 Å². The van der Waals surface area contributed by atoms with E-state index in [1.807, 2.05) is 0 Å². The second kappa shape index (κ2) is 8.05. The number of hydrogen-bond acceptors (Lipinski definition) is 8. The van der Waals surface area contributed by atoms with Crippen molar-refractivity contribution in [1.82, 2.24) is 14.8 Å². The molecule has 2 atom stereocenters. The molecule has 3 heterocycles. The van der Waals surface area contributed by atoms with Crippen LogP contribution in [0.5, 0.6) is 5.88 Å². The van der Waals surface area contributed by atoms with E-state index >= 15 is 0 Å². The molecule has 28 heavy (non-hydrogen) atoms. The molecule has 1 saturated heterocycles. The quantitative estimate of drug-likeness (QED) is 0.678. The van der Waals surface area contributed by atoms with E-state index in [0.29, 0.717) is 17.4 Å². The summed E-state index contributed by atoms with van der Waals surface area (Å²) in [6.45, 7) is 1.31. The molecule has 11 heteroatoms. The second-order valence-corrected chi connectivity index (χ2v) is 5.82. The van der Waals surface area contributed by atoms with Crippen LogP contribution in [0.2, 0.25) is 0 Å². The van der Waals surface area contributed by atoms with Crippen molar-refractivity contribution in [2.75, 3.05) is 25.2 Å². The molecular formula is C17H18N4O7. The van der Waals surface area contributed by atoms with Crippen LogP contribution in [0, 0.1) is 0 Å². The van der Waals surface area contributed by atoms with Gasteiger partial charge < -0.3 is 19.3 Å². The Morgan fingerprint density at radius 3 is 2.86 bits per heavy atom. The minimum absolute atomic E-state index is 0.0669. The summed E-state index contributed by atoms with van der Waals surface area (Å²) in [4.78, 5) is 40.7. The maximum Gasteiger partial charge on any atom is 0.348 e. The van der Waals surface area contributed by atoms with E-state index in [-0.39, 0.29) is 13.2 Å². The van der Waals surface area contributed by atoms with Crippen molar-refractivity contribution in [2.45, 2.75) is 19.1 Å². The average molecular weight is 390 g/mol. The molecule has 1 aliphatic heterocycles. The number of amides is 1. The molecule has 0 saturated carbocycles. The van der Waals surface area contributed by atoms with E-state index in [2.05, 4.69) is 10.1 Å². The summed E-state index contributed by atoms with van der Waals surface area (Å²) >= 11 is 0. The van der Waals surface area contributed by atoms with Crippen molar-refractivity contribution in [2.24, 2.45) is 0 Å². The smallest absolute Gasteiger partial charge is 0.348 e. The summed E-state index contributed by atoms with van der Waals surface area (Å²) in [7, 11) is 1.50. The third-order valence-corrected chi connectivity index (χ3v) is 3.98. The molecule has 0 aromatic carbocycles. The number of anilines is 1. The van der Waals surface area contributed by atoms with Gasteiger partial charge in [0.25, 0.3) is 5.91 Å². The van der Waals surface area contributed by atoms with Crippen molar-refractivity contribution >= 4 is 23.7 Å². The van der Waals surface area contributed by atoms with E-state index in [9.17, 15) is 19.5 Å². The summed E-state index contributed by atoms with van der Waals surface area (Å²) in [5.74, 6) is -2.23. The first kappa shape index (κ1) is 19.3. The van der Waals surface area contributed by atoms with Crippen LogP contribution in [0.15, 0.2) is 30.6 Å². The highest BCUT2D eigenvalue weighted by atomic mass is 16.6. The van der Waals surface area contributed by atoms with Crippen LogP contribution in [-0.2, 0) is 23.9 Å². The molecule has 1 aliphatic rings. The molecule has 0 radical (unpaired) electrons. The van der Waals surface area contributed by atoms with Gasteiger partial charge in [0.15, 0.2) is 11.9 Å². The first-order valence-corrected chi connectivity index (χ1v) is 8.30. The van der Waals surface area contributed by atoms with E-state index in [0.717, 1.165) is 6.92 Å². The van der Waals surface area contributed by atoms with Gasteiger partial charge in [0.1, 0.15) is 0 Å². The number of aromatic nitrogens is 3. The number of nitrogens with zero attached hydrogens (tertiary/aromatic N) is 4. The Labute approximate surface area is 159 Å². The van der Waals surface area contributed by atoms with Gasteiger partial charge in [0.2, 0.25) is 12.0 Å². The van der Waals surface area contributed by atoms with Crippen molar-refractivity contribution in [3.8, 4) is 11.6 Å². The number of carboxylic acids is 1. The highest BCUT2D eigenvalue weighted by molar-refractivity contribution is 5.99. The van der Waals surface area contributed by atoms with Crippen LogP contribution < -0.4 is 9.64 Å². The highest BCUT2D eigenvalue weighted by Crippen LogP contribution is 2.22. The summed E-state index contributed by atoms with van der Waals surface area (Å²) in [5.41, 5.74) is 0.665. The minimum atomic E-state index is -1.74. The molecule has 1 N–H and O–H groups in total. The normalized spacial score (nSPS) is 17.9. The van der Waals surface area contributed by atoms with Gasteiger partial charge in [-0.15, -0.1) is 5.10 Å². The monoisotopic (exact) mass is 390 g/mol. The number of carbonyl (C=O) groups excluding carboxylic acids is 2. The molecule has 0 unspecified atom stereocenters. The van der Waals surface area contributed by atoms with Crippen LogP contribution in [0.1, 0.15) is 6.92 Å². The first-order valence-electron chi connectivity index (χ1n) is 8.30. The summed E-state index contributed by atoms with van der Waals surface area (Å²) in [6.07, 6.45) is 0.00518. The number of methoxy groups -OCH3 is 1. The molecule has 0 bridgehead atoms. The predicted molar refractivity (Wildman–Crippen MR) is 93.2 cm³/mol. The molecule has 0 aliphatic carbocycles. The van der Waals surface area contributed by atoms with Gasteiger partial charge in [-0.1, -0.05) is 0 Å². The van der Waals surface area contributed by atoms with Crippen molar-refractivity contribution in [3.05, 3.63) is 30.6 Å². The number of carbonyl (C=O) groups is 3. The zero-order valence-electron chi connectivity index (χ0n) is 15.1. The molecule has 1 amide bonds. The fourth-order valence-electron chi connectivity index (χ4n) is 2.73.